The van der Waals surface area contributed by atoms with Gasteiger partial charge in [-0.1, -0.05) is 18.2 Å². The molecule has 8 nitrogen and oxygen atoms in total. The van der Waals surface area contributed by atoms with E-state index in [1.165, 1.54) is 19.2 Å². The first kappa shape index (κ1) is 16.4. The van der Waals surface area contributed by atoms with E-state index in [2.05, 4.69) is 25.8 Å². The van der Waals surface area contributed by atoms with Gasteiger partial charge in [-0.3, -0.25) is 19.5 Å². The van der Waals surface area contributed by atoms with Gasteiger partial charge in [0, 0.05) is 30.2 Å². The van der Waals surface area contributed by atoms with E-state index in [1.54, 1.807) is 0 Å². The van der Waals surface area contributed by atoms with Gasteiger partial charge in [0.05, 0.1) is 5.52 Å². The van der Waals surface area contributed by atoms with E-state index in [1.807, 2.05) is 24.3 Å². The molecule has 3 aromatic rings. The number of carbonyl (C=O) groups excluding carboxylic acids is 3. The lowest BCUT2D eigenvalue weighted by atomic mass is 10.2. The van der Waals surface area contributed by atoms with Gasteiger partial charge < -0.3 is 15.6 Å². The van der Waals surface area contributed by atoms with Crippen LogP contribution >= 0.6 is 0 Å². The van der Waals surface area contributed by atoms with Gasteiger partial charge in [-0.25, -0.2) is 0 Å². The second-order valence-corrected chi connectivity index (χ2v) is 5.49. The van der Waals surface area contributed by atoms with Gasteiger partial charge in [-0.05, 0) is 19.1 Å². The minimum absolute atomic E-state index is 0.117. The van der Waals surface area contributed by atoms with Crippen LogP contribution in [-0.4, -0.2) is 45.9 Å². The van der Waals surface area contributed by atoms with Crippen molar-refractivity contribution in [3.63, 3.8) is 0 Å². The molecular formula is C17H17N5O3. The molecule has 0 fully saturated rings. The molecule has 2 amide bonds. The Morgan fingerprint density at radius 3 is 2.52 bits per heavy atom. The number of para-hydroxylation sites is 1. The van der Waals surface area contributed by atoms with E-state index in [0.717, 1.165) is 10.9 Å². The summed E-state index contributed by atoms with van der Waals surface area (Å²) in [7, 11) is 0. The molecule has 0 aliphatic heterocycles. The number of ketones is 1. The van der Waals surface area contributed by atoms with Crippen LogP contribution in [0.4, 0.5) is 0 Å². The monoisotopic (exact) mass is 339 g/mol. The first-order chi connectivity index (χ1) is 12.1. The zero-order valence-electron chi connectivity index (χ0n) is 13.6. The smallest absolute Gasteiger partial charge is 0.272 e. The van der Waals surface area contributed by atoms with Crippen molar-refractivity contribution in [3.8, 4) is 0 Å². The number of benzene rings is 1. The fourth-order valence-electron chi connectivity index (χ4n) is 2.40. The van der Waals surface area contributed by atoms with Gasteiger partial charge in [-0.15, -0.1) is 0 Å². The summed E-state index contributed by atoms with van der Waals surface area (Å²) >= 11 is 0. The third-order valence-corrected chi connectivity index (χ3v) is 3.72. The zero-order chi connectivity index (χ0) is 17.8. The van der Waals surface area contributed by atoms with E-state index >= 15 is 0 Å². The molecule has 1 aromatic carbocycles. The predicted octanol–water partition coefficient (Wildman–Crippen LogP) is 1.25. The molecule has 0 radical (unpaired) electrons. The number of aromatic nitrogens is 3. The number of carbonyl (C=O) groups is 3. The van der Waals surface area contributed by atoms with Gasteiger partial charge in [0.1, 0.15) is 5.69 Å². The molecule has 2 heterocycles. The minimum atomic E-state index is -0.341. The number of nitrogens with one attached hydrogen (secondary N) is 4. The number of amides is 2. The summed E-state index contributed by atoms with van der Waals surface area (Å²) < 4.78 is 0. The number of hydrogen-bond acceptors (Lipinski definition) is 4. The maximum absolute atomic E-state index is 12.2. The number of hydrogen-bond donors (Lipinski definition) is 4. The Labute approximate surface area is 143 Å². The molecule has 0 spiro atoms. The Hall–Kier alpha value is -3.42. The summed E-state index contributed by atoms with van der Waals surface area (Å²) in [6, 6.07) is 8.83. The highest BCUT2D eigenvalue weighted by molar-refractivity contribution is 6.04. The van der Waals surface area contributed by atoms with Gasteiger partial charge in [0.25, 0.3) is 11.8 Å². The number of Topliss-reactive ketones (excluding diaryl/α,β-unsaturated/α-hetero) is 1. The van der Waals surface area contributed by atoms with Crippen molar-refractivity contribution in [2.75, 3.05) is 13.1 Å². The average Bonchev–Trinajstić information content (AvgIpc) is 3.25. The molecule has 0 atom stereocenters. The fourth-order valence-corrected chi connectivity index (χ4v) is 2.40. The lowest BCUT2D eigenvalue weighted by Gasteiger charge is -2.05. The van der Waals surface area contributed by atoms with Crippen LogP contribution in [0.5, 0.6) is 0 Å². The number of fused-ring (bicyclic) bond motifs is 1. The van der Waals surface area contributed by atoms with Crippen LogP contribution < -0.4 is 10.6 Å². The molecule has 8 heteroatoms. The summed E-state index contributed by atoms with van der Waals surface area (Å²) in [5, 5.41) is 12.9. The highest BCUT2D eigenvalue weighted by Crippen LogP contribution is 2.14. The van der Waals surface area contributed by atoms with Crippen molar-refractivity contribution in [1.29, 1.82) is 0 Å². The number of rotatable bonds is 6. The Bertz CT molecular complexity index is 941. The molecule has 0 saturated carbocycles. The highest BCUT2D eigenvalue weighted by Gasteiger charge is 2.14. The number of nitrogens with zero attached hydrogens (tertiary/aromatic N) is 1. The Morgan fingerprint density at radius 1 is 1.08 bits per heavy atom. The summed E-state index contributed by atoms with van der Waals surface area (Å²) in [4.78, 5) is 38.1. The van der Waals surface area contributed by atoms with E-state index in [4.69, 9.17) is 0 Å². The van der Waals surface area contributed by atoms with E-state index in [0.29, 0.717) is 17.0 Å². The second-order valence-electron chi connectivity index (χ2n) is 5.49. The standard InChI is InChI=1S/C17H17N5O3/c1-10(23)11-8-14(20-9-11)16(24)18-6-7-19-17(25)15-12-4-2-3-5-13(12)21-22-15/h2-5,8-9,20H,6-7H2,1H3,(H,18,24)(H,19,25)(H,21,22). The van der Waals surface area contributed by atoms with Crippen molar-refractivity contribution in [2.24, 2.45) is 0 Å². The Balaban J connectivity index is 1.50. The Morgan fingerprint density at radius 2 is 1.80 bits per heavy atom. The lowest BCUT2D eigenvalue weighted by molar-refractivity contribution is 0.0923. The third kappa shape index (κ3) is 3.57. The summed E-state index contributed by atoms with van der Waals surface area (Å²) in [6.07, 6.45) is 1.49. The van der Waals surface area contributed by atoms with Crippen LogP contribution in [0.15, 0.2) is 36.5 Å². The van der Waals surface area contributed by atoms with Crippen LogP contribution in [0.3, 0.4) is 0 Å². The quantitative estimate of drug-likeness (QED) is 0.399. The molecule has 0 bridgehead atoms. The molecule has 0 unspecified atom stereocenters. The van der Waals surface area contributed by atoms with Crippen molar-refractivity contribution in [3.05, 3.63) is 53.5 Å². The van der Waals surface area contributed by atoms with Gasteiger partial charge in [0.2, 0.25) is 0 Å². The summed E-state index contributed by atoms with van der Waals surface area (Å²) in [6.45, 7) is 1.94. The minimum Gasteiger partial charge on any atom is -0.356 e. The molecule has 2 aromatic heterocycles. The molecule has 0 saturated heterocycles. The van der Waals surface area contributed by atoms with Crippen LogP contribution in [0.2, 0.25) is 0 Å². The van der Waals surface area contributed by atoms with Crippen molar-refractivity contribution >= 4 is 28.5 Å². The van der Waals surface area contributed by atoms with Crippen LogP contribution in [0.25, 0.3) is 10.9 Å². The van der Waals surface area contributed by atoms with Crippen molar-refractivity contribution in [1.82, 2.24) is 25.8 Å². The van der Waals surface area contributed by atoms with E-state index < -0.39 is 0 Å². The molecule has 0 aliphatic carbocycles. The maximum Gasteiger partial charge on any atom is 0.272 e. The lowest BCUT2D eigenvalue weighted by Crippen LogP contribution is -2.35. The number of H-pyrrole nitrogens is 2. The first-order valence-corrected chi connectivity index (χ1v) is 7.75. The molecule has 25 heavy (non-hydrogen) atoms. The fraction of sp³-hybridized carbons (Fsp3) is 0.176. The molecule has 4 N–H and O–H groups in total. The van der Waals surface area contributed by atoms with E-state index in [-0.39, 0.29) is 30.7 Å². The van der Waals surface area contributed by atoms with Crippen LogP contribution in [0.1, 0.15) is 38.3 Å². The van der Waals surface area contributed by atoms with Gasteiger partial charge in [-0.2, -0.15) is 5.10 Å². The largest absolute Gasteiger partial charge is 0.356 e. The maximum atomic E-state index is 12.2. The molecule has 128 valence electrons. The summed E-state index contributed by atoms with van der Waals surface area (Å²) in [5.41, 5.74) is 1.85. The second kappa shape index (κ2) is 7.00. The summed E-state index contributed by atoms with van der Waals surface area (Å²) in [5.74, 6) is -0.772. The van der Waals surface area contributed by atoms with Crippen LogP contribution in [0, 0.1) is 0 Å². The van der Waals surface area contributed by atoms with E-state index in [9.17, 15) is 14.4 Å². The third-order valence-electron chi connectivity index (χ3n) is 3.72. The van der Waals surface area contributed by atoms with Gasteiger partial charge >= 0.3 is 0 Å². The predicted molar refractivity (Wildman–Crippen MR) is 91.6 cm³/mol. The normalized spacial score (nSPS) is 10.6. The first-order valence-electron chi connectivity index (χ1n) is 7.75. The molecule has 0 aliphatic rings. The molecular weight excluding hydrogens is 322 g/mol. The molecule has 3 rings (SSSR count). The topological polar surface area (TPSA) is 120 Å². The highest BCUT2D eigenvalue weighted by atomic mass is 16.2. The SMILES string of the molecule is CC(=O)c1c[nH]c(C(=O)NCCNC(=O)c2n[nH]c3ccccc23)c1. The van der Waals surface area contributed by atoms with Crippen molar-refractivity contribution < 1.29 is 14.4 Å². The van der Waals surface area contributed by atoms with Gasteiger partial charge in [0.15, 0.2) is 11.5 Å². The number of aromatic amines is 2. The van der Waals surface area contributed by atoms with Crippen LogP contribution in [-0.2, 0) is 0 Å². The van der Waals surface area contributed by atoms with Crippen molar-refractivity contribution in [2.45, 2.75) is 6.92 Å². The Kier molecular flexibility index (Phi) is 4.60. The zero-order valence-corrected chi connectivity index (χ0v) is 13.6. The average molecular weight is 339 g/mol.